The highest BCUT2D eigenvalue weighted by molar-refractivity contribution is 9.18. The molecule has 0 bridgehead atoms. The molecule has 0 atom stereocenters. The number of halogens is 2. The number of aromatic amines is 1. The van der Waals surface area contributed by atoms with E-state index in [1.54, 1.807) is 0 Å². The van der Waals surface area contributed by atoms with Gasteiger partial charge in [0.05, 0.1) is 10.3 Å². The van der Waals surface area contributed by atoms with Crippen molar-refractivity contribution in [1.29, 1.82) is 0 Å². The fraction of sp³-hybridized carbons (Fsp3) is 0.211. The summed E-state index contributed by atoms with van der Waals surface area (Å²) >= 11 is 6.93. The van der Waals surface area contributed by atoms with Crippen LogP contribution in [0, 0.1) is 0 Å². The number of benzene rings is 1. The van der Waals surface area contributed by atoms with Gasteiger partial charge in [0.15, 0.2) is 0 Å². The van der Waals surface area contributed by atoms with Gasteiger partial charge in [0.25, 0.3) is 0 Å². The quantitative estimate of drug-likeness (QED) is 0.584. The predicted molar refractivity (Wildman–Crippen MR) is 105 cm³/mol. The Balaban J connectivity index is 2.12. The van der Waals surface area contributed by atoms with Gasteiger partial charge in [-0.3, -0.25) is 0 Å². The second-order valence-electron chi connectivity index (χ2n) is 6.58. The Labute approximate surface area is 153 Å². The summed E-state index contributed by atoms with van der Waals surface area (Å²) in [6.07, 6.45) is 4.00. The maximum atomic E-state index is 4.59. The molecule has 0 radical (unpaired) electrons. The third-order valence-electron chi connectivity index (χ3n) is 3.82. The normalized spacial score (nSPS) is 16.7. The van der Waals surface area contributed by atoms with E-state index in [9.17, 15) is 0 Å². The van der Waals surface area contributed by atoms with Crippen molar-refractivity contribution in [3.05, 3.63) is 75.7 Å². The minimum atomic E-state index is 0.149. The van der Waals surface area contributed by atoms with Crippen LogP contribution < -0.4 is 0 Å². The highest BCUT2D eigenvalue weighted by atomic mass is 79.9. The zero-order valence-electron chi connectivity index (χ0n) is 13.3. The van der Waals surface area contributed by atoms with Gasteiger partial charge in [-0.15, -0.1) is 0 Å². The van der Waals surface area contributed by atoms with E-state index in [1.807, 2.05) is 18.2 Å². The van der Waals surface area contributed by atoms with E-state index >= 15 is 0 Å². The minimum absolute atomic E-state index is 0.149. The lowest BCUT2D eigenvalue weighted by Gasteiger charge is -2.19. The molecular formula is C19H18Br2N2. The van der Waals surface area contributed by atoms with Gasteiger partial charge in [-0.2, -0.15) is 0 Å². The van der Waals surface area contributed by atoms with Gasteiger partial charge in [-0.05, 0) is 72.7 Å². The van der Waals surface area contributed by atoms with Crippen LogP contribution in [0.4, 0.5) is 0 Å². The Kier molecular flexibility index (Phi) is 4.47. The van der Waals surface area contributed by atoms with Crippen LogP contribution in [0.5, 0.6) is 0 Å². The fourth-order valence-electron chi connectivity index (χ4n) is 2.57. The molecule has 2 heterocycles. The summed E-state index contributed by atoms with van der Waals surface area (Å²) < 4.78 is 1.81. The van der Waals surface area contributed by atoms with Gasteiger partial charge in [-0.1, -0.05) is 45.0 Å². The Bertz CT molecular complexity index is 816. The van der Waals surface area contributed by atoms with Crippen LogP contribution >= 0.6 is 31.9 Å². The lowest BCUT2D eigenvalue weighted by atomic mass is 9.86. The number of H-pyrrole nitrogens is 1. The molecule has 0 fully saturated rings. The Morgan fingerprint density at radius 2 is 1.65 bits per heavy atom. The molecule has 0 aliphatic carbocycles. The number of hydrogen-bond donors (Lipinski definition) is 1. The van der Waals surface area contributed by atoms with Crippen LogP contribution in [0.15, 0.2) is 63.8 Å². The van der Waals surface area contributed by atoms with Gasteiger partial charge in [-0.25, -0.2) is 4.99 Å². The van der Waals surface area contributed by atoms with Gasteiger partial charge in [0.1, 0.15) is 4.62 Å². The van der Waals surface area contributed by atoms with E-state index < -0.39 is 0 Å². The number of nitrogens with zero attached hydrogens (tertiary/aromatic N) is 1. The summed E-state index contributed by atoms with van der Waals surface area (Å²) in [6, 6.07) is 12.8. The number of rotatable bonds is 2. The maximum Gasteiger partial charge on any atom is 0.106 e. The average Bonchev–Trinajstić information content (AvgIpc) is 3.08. The van der Waals surface area contributed by atoms with Crippen molar-refractivity contribution in [2.75, 3.05) is 0 Å². The first-order chi connectivity index (χ1) is 10.8. The fourth-order valence-corrected chi connectivity index (χ4v) is 3.24. The highest BCUT2D eigenvalue weighted by Gasteiger charge is 2.17. The van der Waals surface area contributed by atoms with Crippen LogP contribution in [-0.4, -0.2) is 9.60 Å². The number of hydrogen-bond acceptors (Lipinski definition) is 1. The SMILES string of the molecule is CC(C)(C)c1ccc(/C(=C2\C=CC(Br)=N2)c2ccc(Br)[nH]2)cc1. The molecule has 1 aromatic heterocycles. The Morgan fingerprint density at radius 1 is 0.957 bits per heavy atom. The summed E-state index contributed by atoms with van der Waals surface area (Å²) in [4.78, 5) is 7.94. The molecular weight excluding hydrogens is 416 g/mol. The molecule has 2 aromatic rings. The van der Waals surface area contributed by atoms with Gasteiger partial charge >= 0.3 is 0 Å². The summed E-state index contributed by atoms with van der Waals surface area (Å²) in [5, 5.41) is 0. The van der Waals surface area contributed by atoms with Crippen LogP contribution in [0.1, 0.15) is 37.6 Å². The molecule has 0 saturated carbocycles. The molecule has 4 heteroatoms. The standard InChI is InChI=1S/C19H18Br2N2/c1-19(2,3)13-6-4-12(5-7-13)18(14-8-10-16(20)22-14)15-9-11-17(21)23-15/h4-11,22H,1-3H3/b18-15-. The first-order valence-corrected chi connectivity index (χ1v) is 9.05. The first-order valence-electron chi connectivity index (χ1n) is 7.47. The van der Waals surface area contributed by atoms with Crippen molar-refractivity contribution in [3.63, 3.8) is 0 Å². The number of nitrogens with one attached hydrogen (secondary N) is 1. The second-order valence-corrected chi connectivity index (χ2v) is 8.24. The van der Waals surface area contributed by atoms with E-state index in [-0.39, 0.29) is 5.41 Å². The molecule has 1 aliphatic rings. The van der Waals surface area contributed by atoms with Gasteiger partial charge in [0.2, 0.25) is 0 Å². The topological polar surface area (TPSA) is 28.1 Å². The number of aliphatic imine (C=N–C) groups is 1. The second kappa shape index (κ2) is 6.25. The molecule has 1 aliphatic heterocycles. The summed E-state index contributed by atoms with van der Waals surface area (Å²) in [5.41, 5.74) is 5.72. The monoisotopic (exact) mass is 432 g/mol. The number of allylic oxidation sites excluding steroid dienone is 2. The van der Waals surface area contributed by atoms with Crippen LogP contribution in [0.3, 0.4) is 0 Å². The van der Waals surface area contributed by atoms with Crippen molar-refractivity contribution >= 4 is 42.1 Å². The van der Waals surface area contributed by atoms with Crippen molar-refractivity contribution in [3.8, 4) is 0 Å². The smallest absolute Gasteiger partial charge is 0.106 e. The Hall–Kier alpha value is -1.39. The zero-order valence-corrected chi connectivity index (χ0v) is 16.5. The largest absolute Gasteiger partial charge is 0.349 e. The van der Waals surface area contributed by atoms with Gasteiger partial charge < -0.3 is 4.98 Å². The van der Waals surface area contributed by atoms with E-state index in [0.29, 0.717) is 0 Å². The molecule has 0 saturated heterocycles. The summed E-state index contributed by atoms with van der Waals surface area (Å²) in [7, 11) is 0. The van der Waals surface area contributed by atoms with E-state index in [4.69, 9.17) is 0 Å². The Morgan fingerprint density at radius 3 is 2.13 bits per heavy atom. The lowest BCUT2D eigenvalue weighted by Crippen LogP contribution is -2.10. The molecule has 3 rings (SSSR count). The molecule has 118 valence electrons. The van der Waals surface area contributed by atoms with E-state index in [2.05, 4.69) is 92.9 Å². The molecule has 0 amide bonds. The zero-order chi connectivity index (χ0) is 16.6. The van der Waals surface area contributed by atoms with Crippen LogP contribution in [0.25, 0.3) is 5.57 Å². The molecule has 0 unspecified atom stereocenters. The third kappa shape index (κ3) is 3.59. The molecule has 1 N–H and O–H groups in total. The van der Waals surface area contributed by atoms with Crippen molar-refractivity contribution < 1.29 is 0 Å². The number of aromatic nitrogens is 1. The van der Waals surface area contributed by atoms with E-state index in [1.165, 1.54) is 5.56 Å². The van der Waals surface area contributed by atoms with Crippen molar-refractivity contribution in [1.82, 2.24) is 4.98 Å². The molecule has 1 aromatic carbocycles. The summed E-state index contributed by atoms with van der Waals surface area (Å²) in [5.74, 6) is 0. The summed E-state index contributed by atoms with van der Waals surface area (Å²) in [6.45, 7) is 6.68. The van der Waals surface area contributed by atoms with Crippen LogP contribution in [0.2, 0.25) is 0 Å². The van der Waals surface area contributed by atoms with Crippen molar-refractivity contribution in [2.45, 2.75) is 26.2 Å². The maximum absolute atomic E-state index is 4.59. The highest BCUT2D eigenvalue weighted by Crippen LogP contribution is 2.32. The molecule has 23 heavy (non-hydrogen) atoms. The minimum Gasteiger partial charge on any atom is -0.349 e. The van der Waals surface area contributed by atoms with Gasteiger partial charge in [0, 0.05) is 11.3 Å². The predicted octanol–water partition coefficient (Wildman–Crippen LogP) is 6.20. The van der Waals surface area contributed by atoms with E-state index in [0.717, 1.165) is 31.8 Å². The lowest BCUT2D eigenvalue weighted by molar-refractivity contribution is 0.590. The molecule has 2 nitrogen and oxygen atoms in total. The average molecular weight is 434 g/mol. The molecule has 0 spiro atoms. The van der Waals surface area contributed by atoms with Crippen LogP contribution in [-0.2, 0) is 5.41 Å². The van der Waals surface area contributed by atoms with Crippen molar-refractivity contribution in [2.24, 2.45) is 4.99 Å². The third-order valence-corrected chi connectivity index (χ3v) is 4.73. The first kappa shape index (κ1) is 16.5.